The fraction of sp³-hybridized carbons (Fsp3) is 0.443. The van der Waals surface area contributed by atoms with Gasteiger partial charge in [-0.2, -0.15) is 0 Å². The predicted molar refractivity (Wildman–Crippen MR) is 319 cm³/mol. The third-order valence-corrected chi connectivity index (χ3v) is 14.9. The zero-order valence-corrected chi connectivity index (χ0v) is 47.4. The van der Waals surface area contributed by atoms with Crippen LogP contribution >= 0.6 is 24.0 Å². The van der Waals surface area contributed by atoms with Crippen LogP contribution in [0.3, 0.4) is 0 Å². The number of anilines is 4. The molecule has 4 amide bonds. The number of aliphatic hydroxyl groups is 2. The van der Waals surface area contributed by atoms with Gasteiger partial charge in [-0.3, -0.25) is 19.7 Å². The van der Waals surface area contributed by atoms with Gasteiger partial charge in [-0.1, -0.05) is 109 Å². The van der Waals surface area contributed by atoms with Crippen LogP contribution in [0, 0.1) is 6.92 Å². The molecule has 3 atom stereocenters. The fourth-order valence-corrected chi connectivity index (χ4v) is 10.6. The van der Waals surface area contributed by atoms with Gasteiger partial charge in [-0.05, 0) is 92.9 Å². The maximum Gasteiger partial charge on any atom is 0.417 e. The second-order valence-electron chi connectivity index (χ2n) is 20.2. The molecular weight excluding hydrogens is 1030 g/mol. The third kappa shape index (κ3) is 15.8. The number of ether oxygens (including phenoxy) is 1. The van der Waals surface area contributed by atoms with Gasteiger partial charge in [0.15, 0.2) is 11.5 Å². The lowest BCUT2D eigenvalue weighted by Gasteiger charge is -2.21. The van der Waals surface area contributed by atoms with Crippen LogP contribution in [0.25, 0.3) is 32.8 Å². The molecule has 17 heteroatoms. The summed E-state index contributed by atoms with van der Waals surface area (Å²) in [5.41, 5.74) is 7.07. The summed E-state index contributed by atoms with van der Waals surface area (Å²) in [5.74, 6) is -0.205. The molecule has 0 fully saturated rings. The first-order valence-corrected chi connectivity index (χ1v) is 28.2. The minimum atomic E-state index is -0.655. The first-order chi connectivity index (χ1) is 37.3. The van der Waals surface area contributed by atoms with Crippen LogP contribution in [0.4, 0.5) is 27.5 Å². The summed E-state index contributed by atoms with van der Waals surface area (Å²) in [6.45, 7) is 11.7. The molecule has 78 heavy (non-hydrogen) atoms. The van der Waals surface area contributed by atoms with Gasteiger partial charge in [-0.15, -0.1) is 24.0 Å². The van der Waals surface area contributed by atoms with Crippen molar-refractivity contribution in [2.75, 3.05) is 52.6 Å². The number of aliphatic hydroxyl groups excluding tert-OH is 2. The number of rotatable bonds is 26. The lowest BCUT2D eigenvalue weighted by Crippen LogP contribution is -2.44. The van der Waals surface area contributed by atoms with Crippen molar-refractivity contribution in [1.29, 1.82) is 0 Å². The molecule has 0 spiro atoms. The Morgan fingerprint density at radius 3 is 2.14 bits per heavy atom. The number of para-hydroxylation sites is 1. The number of carbonyl (C=O) groups excluding carboxylic acids is 4. The van der Waals surface area contributed by atoms with E-state index in [1.807, 2.05) is 61.7 Å². The van der Waals surface area contributed by atoms with Crippen LogP contribution in [0.1, 0.15) is 156 Å². The first-order valence-electron chi connectivity index (χ1n) is 27.7. The molecule has 7 N–H and O–H groups in total. The summed E-state index contributed by atoms with van der Waals surface area (Å²) >= 11 is 6.51. The number of benzene rings is 4. The Labute approximate surface area is 469 Å². The molecule has 7 aromatic rings. The van der Waals surface area contributed by atoms with Crippen molar-refractivity contribution in [3.63, 3.8) is 0 Å². The number of nitrogens with zero attached hydrogens (tertiary/aromatic N) is 2. The highest BCUT2D eigenvalue weighted by atomic mass is 35.5. The summed E-state index contributed by atoms with van der Waals surface area (Å²) in [6.07, 6.45) is 18.1. The van der Waals surface area contributed by atoms with E-state index in [4.69, 9.17) is 20.8 Å². The number of hydrogen-bond donors (Lipinski definition) is 7. The van der Waals surface area contributed by atoms with Crippen LogP contribution in [-0.2, 0) is 4.79 Å². The number of aromatic nitrogens is 2. The van der Waals surface area contributed by atoms with Gasteiger partial charge >= 0.3 is 6.09 Å². The Morgan fingerprint density at radius 2 is 1.50 bits per heavy atom. The van der Waals surface area contributed by atoms with E-state index in [-0.39, 0.29) is 48.4 Å². The number of amides is 4. The smallest absolute Gasteiger partial charge is 0.417 e. The van der Waals surface area contributed by atoms with E-state index in [1.54, 1.807) is 41.3 Å². The molecule has 0 saturated heterocycles. The molecule has 0 saturated carbocycles. The van der Waals surface area contributed by atoms with Gasteiger partial charge in [0.25, 0.3) is 11.8 Å². The zero-order valence-electron chi connectivity index (χ0n) is 45.9. The molecule has 15 nitrogen and oxygen atoms in total. The molecule has 8 rings (SSSR count). The second-order valence-corrected chi connectivity index (χ2v) is 20.5. The second kappa shape index (κ2) is 30.0. The monoisotopic (exact) mass is 1110 g/mol. The van der Waals surface area contributed by atoms with Crippen molar-refractivity contribution in [2.24, 2.45) is 0 Å². The minimum Gasteiger partial charge on any atom is -0.451 e. The SMILES string of the molecule is CCCCCCCCCCCCCCC[C@H](O)[C@H](CO)NC(C)=O.CCN(CC)c1ccc2cc(C(=O)Nc3ccc4[nH]c(C(=O)N5C[C@@H](CCl)c6c5cc(OC(=O)Nc5ccccc5)c5[nH]cc(C)c65)cc4c3)oc2c1.Cl. The molecule has 1 aliphatic heterocycles. The quantitative estimate of drug-likeness (QED) is 0.0203. The number of hydrogen-bond acceptors (Lipinski definition) is 9. The number of halogens is 2. The number of alkyl halides is 1. The number of unbranched alkanes of at least 4 members (excludes halogenated alkanes) is 12. The van der Waals surface area contributed by atoms with Crippen molar-refractivity contribution >= 4 is 103 Å². The van der Waals surface area contributed by atoms with Crippen LogP contribution in [0.2, 0.25) is 0 Å². The number of nitrogens with one attached hydrogen (secondary N) is 5. The maximum absolute atomic E-state index is 14.3. The number of H-pyrrole nitrogens is 2. The highest BCUT2D eigenvalue weighted by molar-refractivity contribution is 6.19. The van der Waals surface area contributed by atoms with E-state index < -0.39 is 18.2 Å². The van der Waals surface area contributed by atoms with Gasteiger partial charge in [0, 0.05) is 95.4 Å². The van der Waals surface area contributed by atoms with E-state index >= 15 is 0 Å². The molecular formula is C61H79Cl2N7O8. The van der Waals surface area contributed by atoms with E-state index in [0.717, 1.165) is 64.4 Å². The molecule has 1 aliphatic rings. The van der Waals surface area contributed by atoms with E-state index in [2.05, 4.69) is 51.6 Å². The normalized spacial score (nSPS) is 13.6. The number of furan rings is 1. The third-order valence-electron chi connectivity index (χ3n) is 14.5. The predicted octanol–water partition coefficient (Wildman–Crippen LogP) is 14.1. The van der Waals surface area contributed by atoms with Crippen molar-refractivity contribution in [3.05, 3.63) is 114 Å². The Bertz CT molecular complexity index is 3060. The largest absolute Gasteiger partial charge is 0.451 e. The molecule has 4 aromatic carbocycles. The highest BCUT2D eigenvalue weighted by Crippen LogP contribution is 2.47. The van der Waals surface area contributed by atoms with Crippen molar-refractivity contribution < 1.29 is 38.5 Å². The minimum absolute atomic E-state index is 0. The van der Waals surface area contributed by atoms with Crippen molar-refractivity contribution in [2.45, 2.75) is 143 Å². The van der Waals surface area contributed by atoms with Gasteiger partial charge in [0.1, 0.15) is 11.3 Å². The Balaban J connectivity index is 0.000000335. The van der Waals surface area contributed by atoms with Crippen LogP contribution in [-0.4, -0.2) is 88.3 Å². The molecule has 0 bridgehead atoms. The zero-order chi connectivity index (χ0) is 54.8. The van der Waals surface area contributed by atoms with Gasteiger partial charge in [-0.25, -0.2) is 4.79 Å². The topological polar surface area (TPSA) is 205 Å². The number of aromatic amines is 2. The van der Waals surface area contributed by atoms with Gasteiger partial charge in [0.05, 0.1) is 30.0 Å². The molecule has 3 aromatic heterocycles. The van der Waals surface area contributed by atoms with Crippen LogP contribution in [0.5, 0.6) is 5.75 Å². The summed E-state index contributed by atoms with van der Waals surface area (Å²) in [6, 6.07) is 25.1. The summed E-state index contributed by atoms with van der Waals surface area (Å²) < 4.78 is 11.8. The summed E-state index contributed by atoms with van der Waals surface area (Å²) in [7, 11) is 0. The fourth-order valence-electron chi connectivity index (χ4n) is 10.4. The van der Waals surface area contributed by atoms with Gasteiger partial charge < -0.3 is 49.8 Å². The lowest BCUT2D eigenvalue weighted by atomic mass is 9.97. The van der Waals surface area contributed by atoms with E-state index in [0.29, 0.717) is 58.5 Å². The number of aryl methyl sites for hydroxylation is 1. The maximum atomic E-state index is 14.3. The highest BCUT2D eigenvalue weighted by Gasteiger charge is 2.37. The molecule has 0 radical (unpaired) electrons. The molecule has 0 aliphatic carbocycles. The molecule has 420 valence electrons. The summed E-state index contributed by atoms with van der Waals surface area (Å²) in [4.78, 5) is 61.8. The van der Waals surface area contributed by atoms with Crippen LogP contribution in [0.15, 0.2) is 95.5 Å². The lowest BCUT2D eigenvalue weighted by molar-refractivity contribution is -0.121. The van der Waals surface area contributed by atoms with Gasteiger partial charge in [0.2, 0.25) is 5.91 Å². The van der Waals surface area contributed by atoms with Crippen LogP contribution < -0.4 is 30.5 Å². The Hall–Kier alpha value is -6.52. The van der Waals surface area contributed by atoms with E-state index in [1.165, 1.54) is 77.6 Å². The van der Waals surface area contributed by atoms with Crippen molar-refractivity contribution in [1.82, 2.24) is 15.3 Å². The summed E-state index contributed by atoms with van der Waals surface area (Å²) in [5, 5.41) is 29.9. The average Bonchev–Trinajstić information content (AvgIpc) is 4.43. The van der Waals surface area contributed by atoms with E-state index in [9.17, 15) is 29.4 Å². The number of carbonyl (C=O) groups is 4. The van der Waals surface area contributed by atoms with Crippen molar-refractivity contribution in [3.8, 4) is 5.75 Å². The Morgan fingerprint density at radius 1 is 0.821 bits per heavy atom. The average molecular weight is 1110 g/mol. The Kier molecular flexibility index (Phi) is 23.4. The molecule has 4 heterocycles. The number of fused-ring (bicyclic) bond motifs is 5. The standard InChI is InChI=1S/C41H37ClN6O5.C20H41NO3.ClH/c1-4-47(5-2)29-13-11-24-17-35(52-33(24)18-29)39(49)44-28-12-14-30-25(15-28)16-31(46-30)40(50)48-22-26(20-42)37-32(48)19-34(38-36(37)23(3)21-43-38)53-41(51)45-27-9-7-6-8-10-27;1-3-4-5-6-7-8-9-10-11-12-13-14-15-16-20(24)19(17-22)21-18(2)23;/h6-19,21,26,43,46H,4-5,20,22H2,1-3H3,(H,44,49)(H,45,51);19-20,22,24H,3-17H2,1-2H3,(H,21,23);1H/t26-;19-,20-;/m10./s1. The molecule has 0 unspecified atom stereocenters. The first kappa shape index (κ1) is 60.7.